The number of fused-ring (bicyclic) bond motifs is 2. The van der Waals surface area contributed by atoms with E-state index in [2.05, 4.69) is 28.3 Å². The first kappa shape index (κ1) is 15.3. The first-order chi connectivity index (χ1) is 12.1. The summed E-state index contributed by atoms with van der Waals surface area (Å²) < 4.78 is 1.89. The lowest BCUT2D eigenvalue weighted by Crippen LogP contribution is -2.12. The molecule has 3 N–H and O–H groups in total. The molecule has 0 fully saturated rings. The molecule has 0 saturated carbocycles. The van der Waals surface area contributed by atoms with Crippen LogP contribution in [-0.4, -0.2) is 30.9 Å². The lowest BCUT2D eigenvalue weighted by atomic mass is 10.1. The van der Waals surface area contributed by atoms with Crippen molar-refractivity contribution in [2.24, 2.45) is 5.73 Å². The van der Waals surface area contributed by atoms with Crippen molar-refractivity contribution in [3.05, 3.63) is 42.2 Å². The molecule has 0 aliphatic heterocycles. The standard InChI is InChI=1S/C18H18N6O/c1-11-7-14(12-4-5-13-9-20-23-15(13)8-12)22-16-10-21-24(18(11)16)6-2-3-17(19)25/h4-5,7-10H,2-3,6H2,1H3,(H2,19,25)(H,20,23). The summed E-state index contributed by atoms with van der Waals surface area (Å²) in [4.78, 5) is 15.7. The molecule has 4 rings (SSSR count). The van der Waals surface area contributed by atoms with Crippen LogP contribution in [0.1, 0.15) is 18.4 Å². The van der Waals surface area contributed by atoms with Crippen LogP contribution in [-0.2, 0) is 11.3 Å². The van der Waals surface area contributed by atoms with E-state index < -0.39 is 0 Å². The number of nitrogens with zero attached hydrogens (tertiary/aromatic N) is 4. The van der Waals surface area contributed by atoms with Gasteiger partial charge >= 0.3 is 0 Å². The Hall–Kier alpha value is -3.22. The van der Waals surface area contributed by atoms with Crippen LogP contribution in [0.3, 0.4) is 0 Å². The van der Waals surface area contributed by atoms with Crippen LogP contribution in [0.4, 0.5) is 0 Å². The van der Waals surface area contributed by atoms with Crippen molar-refractivity contribution >= 4 is 27.8 Å². The molecule has 25 heavy (non-hydrogen) atoms. The minimum atomic E-state index is -0.289. The number of nitrogens with two attached hydrogens (primary N) is 1. The van der Waals surface area contributed by atoms with E-state index in [1.165, 1.54) is 0 Å². The molecule has 3 heterocycles. The van der Waals surface area contributed by atoms with Gasteiger partial charge in [0.1, 0.15) is 5.52 Å². The normalized spacial score (nSPS) is 11.4. The molecule has 7 nitrogen and oxygen atoms in total. The lowest BCUT2D eigenvalue weighted by molar-refractivity contribution is -0.118. The van der Waals surface area contributed by atoms with E-state index in [1.807, 2.05) is 22.9 Å². The van der Waals surface area contributed by atoms with E-state index in [-0.39, 0.29) is 5.91 Å². The van der Waals surface area contributed by atoms with Gasteiger partial charge in [-0.1, -0.05) is 12.1 Å². The second-order valence-corrected chi connectivity index (χ2v) is 6.17. The summed E-state index contributed by atoms with van der Waals surface area (Å²) in [5.74, 6) is -0.289. The number of hydrogen-bond donors (Lipinski definition) is 2. The molecule has 0 bridgehead atoms. The van der Waals surface area contributed by atoms with Gasteiger partial charge in [-0.3, -0.25) is 14.6 Å². The van der Waals surface area contributed by atoms with Gasteiger partial charge in [0, 0.05) is 23.9 Å². The van der Waals surface area contributed by atoms with Gasteiger partial charge in [-0.2, -0.15) is 10.2 Å². The average molecular weight is 334 g/mol. The summed E-state index contributed by atoms with van der Waals surface area (Å²) in [6.45, 7) is 2.70. The zero-order chi connectivity index (χ0) is 17.4. The summed E-state index contributed by atoms with van der Waals surface area (Å²) in [6, 6.07) is 8.19. The van der Waals surface area contributed by atoms with Crippen LogP contribution < -0.4 is 5.73 Å². The third kappa shape index (κ3) is 2.84. The largest absolute Gasteiger partial charge is 0.370 e. The summed E-state index contributed by atoms with van der Waals surface area (Å²) in [5, 5.41) is 12.5. The molecule has 7 heteroatoms. The maximum atomic E-state index is 10.9. The second kappa shape index (κ2) is 6.01. The molecule has 4 aromatic rings. The number of primary amides is 1. The van der Waals surface area contributed by atoms with E-state index in [0.29, 0.717) is 19.4 Å². The number of carbonyl (C=O) groups excluding carboxylic acids is 1. The fourth-order valence-corrected chi connectivity index (χ4v) is 3.12. The fourth-order valence-electron chi connectivity index (χ4n) is 3.12. The second-order valence-electron chi connectivity index (χ2n) is 6.17. The predicted molar refractivity (Wildman–Crippen MR) is 95.8 cm³/mol. The van der Waals surface area contributed by atoms with Gasteiger partial charge in [-0.25, -0.2) is 4.98 Å². The summed E-state index contributed by atoms with van der Waals surface area (Å²) in [7, 11) is 0. The first-order valence-corrected chi connectivity index (χ1v) is 8.17. The summed E-state index contributed by atoms with van der Waals surface area (Å²) in [5.41, 5.74) is 11.1. The Balaban J connectivity index is 1.71. The SMILES string of the molecule is Cc1cc(-c2ccc3cn[nH]c3c2)nc2cnn(CCCC(N)=O)c12. The van der Waals surface area contributed by atoms with Crippen molar-refractivity contribution in [1.29, 1.82) is 0 Å². The van der Waals surface area contributed by atoms with Gasteiger partial charge in [-0.15, -0.1) is 0 Å². The van der Waals surface area contributed by atoms with Gasteiger partial charge < -0.3 is 5.73 Å². The monoisotopic (exact) mass is 334 g/mol. The van der Waals surface area contributed by atoms with Crippen LogP contribution >= 0.6 is 0 Å². The first-order valence-electron chi connectivity index (χ1n) is 8.17. The highest BCUT2D eigenvalue weighted by atomic mass is 16.1. The predicted octanol–water partition coefficient (Wildman–Crippen LogP) is 2.55. The quantitative estimate of drug-likeness (QED) is 0.585. The smallest absolute Gasteiger partial charge is 0.217 e. The Bertz CT molecular complexity index is 1080. The van der Waals surface area contributed by atoms with Crippen LogP contribution in [0, 0.1) is 6.92 Å². The Morgan fingerprint density at radius 1 is 1.28 bits per heavy atom. The van der Waals surface area contributed by atoms with E-state index >= 15 is 0 Å². The maximum absolute atomic E-state index is 10.9. The third-order valence-corrected chi connectivity index (χ3v) is 4.32. The number of pyridine rings is 1. The van der Waals surface area contributed by atoms with Crippen molar-refractivity contribution in [1.82, 2.24) is 25.0 Å². The minimum Gasteiger partial charge on any atom is -0.370 e. The van der Waals surface area contributed by atoms with Crippen molar-refractivity contribution in [3.8, 4) is 11.3 Å². The van der Waals surface area contributed by atoms with Crippen molar-refractivity contribution in [2.45, 2.75) is 26.3 Å². The molecule has 0 aliphatic carbocycles. The molecule has 0 atom stereocenters. The van der Waals surface area contributed by atoms with Gasteiger partial charge in [0.25, 0.3) is 0 Å². The Labute approximate surface area is 143 Å². The highest BCUT2D eigenvalue weighted by molar-refractivity contribution is 5.86. The van der Waals surface area contributed by atoms with Gasteiger partial charge in [0.05, 0.1) is 29.1 Å². The van der Waals surface area contributed by atoms with Gasteiger partial charge in [-0.05, 0) is 31.0 Å². The highest BCUT2D eigenvalue weighted by Crippen LogP contribution is 2.26. The van der Waals surface area contributed by atoms with E-state index in [4.69, 9.17) is 10.7 Å². The number of nitrogens with one attached hydrogen (secondary N) is 1. The molecule has 0 radical (unpaired) electrons. The van der Waals surface area contributed by atoms with Crippen molar-refractivity contribution in [2.75, 3.05) is 0 Å². The zero-order valence-corrected chi connectivity index (χ0v) is 13.9. The average Bonchev–Trinajstić information content (AvgIpc) is 3.20. The highest BCUT2D eigenvalue weighted by Gasteiger charge is 2.11. The topological polar surface area (TPSA) is 102 Å². The van der Waals surface area contributed by atoms with Crippen LogP contribution in [0.25, 0.3) is 33.2 Å². The summed E-state index contributed by atoms with van der Waals surface area (Å²) in [6.07, 6.45) is 4.60. The molecule has 126 valence electrons. The molecular weight excluding hydrogens is 316 g/mol. The molecule has 0 unspecified atom stereocenters. The molecule has 3 aromatic heterocycles. The van der Waals surface area contributed by atoms with Crippen molar-refractivity contribution < 1.29 is 4.79 Å². The molecule has 1 aromatic carbocycles. The number of benzene rings is 1. The molecule has 0 spiro atoms. The van der Waals surface area contributed by atoms with Gasteiger partial charge in [0.15, 0.2) is 0 Å². The maximum Gasteiger partial charge on any atom is 0.217 e. The number of amides is 1. The number of aromatic amines is 1. The molecule has 0 aliphatic rings. The fraction of sp³-hybridized carbons (Fsp3) is 0.222. The van der Waals surface area contributed by atoms with Crippen molar-refractivity contribution in [3.63, 3.8) is 0 Å². The number of carbonyl (C=O) groups is 1. The Morgan fingerprint density at radius 2 is 2.16 bits per heavy atom. The lowest BCUT2D eigenvalue weighted by Gasteiger charge is -2.07. The molecule has 0 saturated heterocycles. The summed E-state index contributed by atoms with van der Waals surface area (Å²) >= 11 is 0. The Kier molecular flexibility index (Phi) is 3.68. The van der Waals surface area contributed by atoms with Crippen LogP contribution in [0.5, 0.6) is 0 Å². The van der Waals surface area contributed by atoms with Crippen LogP contribution in [0.2, 0.25) is 0 Å². The third-order valence-electron chi connectivity index (χ3n) is 4.32. The van der Waals surface area contributed by atoms with E-state index in [1.54, 1.807) is 12.4 Å². The van der Waals surface area contributed by atoms with Crippen LogP contribution in [0.15, 0.2) is 36.7 Å². The Morgan fingerprint density at radius 3 is 3.00 bits per heavy atom. The number of aromatic nitrogens is 5. The number of rotatable bonds is 5. The minimum absolute atomic E-state index is 0.289. The molecule has 1 amide bonds. The zero-order valence-electron chi connectivity index (χ0n) is 13.9. The van der Waals surface area contributed by atoms with Gasteiger partial charge in [0.2, 0.25) is 5.91 Å². The molecular formula is C18H18N6O. The number of hydrogen-bond acceptors (Lipinski definition) is 4. The van der Waals surface area contributed by atoms with E-state index in [0.717, 1.165) is 38.8 Å². The number of aryl methyl sites for hydroxylation is 2. The number of H-pyrrole nitrogens is 1. The van der Waals surface area contributed by atoms with E-state index in [9.17, 15) is 4.79 Å².